The lowest BCUT2D eigenvalue weighted by Crippen LogP contribution is -2.51. The average molecular weight is 737 g/mol. The van der Waals surface area contributed by atoms with Gasteiger partial charge in [-0.15, -0.1) is 0 Å². The van der Waals surface area contributed by atoms with E-state index in [1.165, 1.54) is 16.8 Å². The molecule has 0 amide bonds. The first-order valence-corrected chi connectivity index (χ1v) is 20.6. The SMILES string of the molecule is CC(C)(C)[Si](C)(C)OC1C(OC(=S)Oc2ccccc2)C(COC(c2ccccc2)(c2ccccc2)c2ccccc2)OC1n1ccc(=O)[nH]c1=O. The number of para-hydroxylation sites is 1. The van der Waals surface area contributed by atoms with Crippen LogP contribution in [0, 0.1) is 0 Å². The van der Waals surface area contributed by atoms with Crippen LogP contribution in [-0.2, 0) is 24.2 Å². The monoisotopic (exact) mass is 736 g/mol. The number of H-pyrrole nitrogens is 1. The summed E-state index contributed by atoms with van der Waals surface area (Å²) in [6, 6.07) is 40.5. The Bertz CT molecular complexity index is 1960. The molecule has 2 heterocycles. The van der Waals surface area contributed by atoms with Crippen molar-refractivity contribution in [2.45, 2.75) is 69.0 Å². The van der Waals surface area contributed by atoms with Gasteiger partial charge in [0.05, 0.1) is 6.61 Å². The predicted octanol–water partition coefficient (Wildman–Crippen LogP) is 7.58. The molecule has 0 spiro atoms. The molecule has 0 aliphatic carbocycles. The van der Waals surface area contributed by atoms with Gasteiger partial charge in [0.2, 0.25) is 0 Å². The summed E-state index contributed by atoms with van der Waals surface area (Å²) in [6.45, 7) is 10.6. The number of hydrogen-bond acceptors (Lipinski definition) is 8. The summed E-state index contributed by atoms with van der Waals surface area (Å²) >= 11 is 5.68. The molecule has 1 N–H and O–H groups in total. The van der Waals surface area contributed by atoms with Crippen LogP contribution in [0.4, 0.5) is 0 Å². The molecule has 4 aromatic carbocycles. The minimum atomic E-state index is -2.56. The highest BCUT2D eigenvalue weighted by Crippen LogP contribution is 2.45. The number of thiocarbonyl (C=S) groups is 1. The van der Waals surface area contributed by atoms with Crippen molar-refractivity contribution < 1.29 is 23.4 Å². The van der Waals surface area contributed by atoms with Crippen LogP contribution < -0.4 is 16.0 Å². The average Bonchev–Trinajstić information content (AvgIpc) is 3.44. The first-order valence-electron chi connectivity index (χ1n) is 17.3. The standard InChI is InChI=1S/C41H44N2O7SSi/c1-40(2,3)52(4,5)50-36-35(49-39(51)47-32-24-16-9-17-25-32)33(48-37(36)43-27-26-34(44)42-38(43)45)28-46-41(29-18-10-6-11-19-29,30-20-12-7-13-21-30)31-22-14-8-15-23-31/h6-27,33,35-37H,28H2,1-5H3,(H,42,44,45). The van der Waals surface area contributed by atoms with Gasteiger partial charge in [0, 0.05) is 24.5 Å². The molecule has 0 radical (unpaired) electrons. The first kappa shape index (κ1) is 37.1. The molecule has 1 fully saturated rings. The maximum Gasteiger partial charge on any atom is 0.358 e. The van der Waals surface area contributed by atoms with E-state index < -0.39 is 49.7 Å². The van der Waals surface area contributed by atoms with Crippen molar-refractivity contribution in [2.24, 2.45) is 0 Å². The number of nitrogens with one attached hydrogen (secondary N) is 1. The van der Waals surface area contributed by atoms with Gasteiger partial charge in [-0.05, 0) is 47.0 Å². The number of aromatic amines is 1. The molecular weight excluding hydrogens is 693 g/mol. The van der Waals surface area contributed by atoms with Gasteiger partial charge in [-0.2, -0.15) is 0 Å². The zero-order valence-electron chi connectivity index (χ0n) is 29.9. The molecule has 1 aromatic heterocycles. The van der Waals surface area contributed by atoms with Crippen LogP contribution in [0.25, 0.3) is 0 Å². The largest absolute Gasteiger partial charge is 0.447 e. The zero-order valence-corrected chi connectivity index (χ0v) is 31.7. The smallest absolute Gasteiger partial charge is 0.358 e. The van der Waals surface area contributed by atoms with E-state index in [0.29, 0.717) is 5.75 Å². The molecule has 11 heteroatoms. The number of rotatable bonds is 11. The third-order valence-corrected chi connectivity index (χ3v) is 14.5. The summed E-state index contributed by atoms with van der Waals surface area (Å²) in [4.78, 5) is 27.9. The Hall–Kier alpha value is -4.65. The molecule has 4 unspecified atom stereocenters. The van der Waals surface area contributed by atoms with E-state index in [-0.39, 0.29) is 16.9 Å². The van der Waals surface area contributed by atoms with E-state index in [9.17, 15) is 9.59 Å². The normalized spacial score (nSPS) is 19.2. The number of hydrogen-bond donors (Lipinski definition) is 1. The highest BCUT2D eigenvalue weighted by molar-refractivity contribution is 7.79. The maximum absolute atomic E-state index is 13.3. The first-order chi connectivity index (χ1) is 24.9. The second-order valence-electron chi connectivity index (χ2n) is 14.3. The van der Waals surface area contributed by atoms with Crippen molar-refractivity contribution >= 4 is 25.8 Å². The van der Waals surface area contributed by atoms with Crippen molar-refractivity contribution in [3.63, 3.8) is 0 Å². The number of nitrogens with zero attached hydrogens (tertiary/aromatic N) is 1. The molecule has 0 bridgehead atoms. The second kappa shape index (κ2) is 15.5. The summed E-state index contributed by atoms with van der Waals surface area (Å²) in [6.07, 6.45) is -2.17. The van der Waals surface area contributed by atoms with Gasteiger partial charge in [0.1, 0.15) is 23.6 Å². The number of aromatic nitrogens is 2. The van der Waals surface area contributed by atoms with Crippen molar-refractivity contribution in [1.29, 1.82) is 0 Å². The third-order valence-electron chi connectivity index (χ3n) is 9.83. The summed E-state index contributed by atoms with van der Waals surface area (Å²) in [7, 11) is -2.56. The molecule has 270 valence electrons. The van der Waals surface area contributed by atoms with Crippen LogP contribution in [-0.4, -0.2) is 48.0 Å². The van der Waals surface area contributed by atoms with E-state index in [1.54, 1.807) is 12.1 Å². The Morgan fingerprint density at radius 2 is 1.27 bits per heavy atom. The van der Waals surface area contributed by atoms with Crippen LogP contribution in [0.3, 0.4) is 0 Å². The van der Waals surface area contributed by atoms with Crippen LogP contribution in [0.15, 0.2) is 143 Å². The Labute approximate surface area is 310 Å². The van der Waals surface area contributed by atoms with E-state index in [4.69, 9.17) is 35.6 Å². The quantitative estimate of drug-likeness (QED) is 0.0842. The summed E-state index contributed by atoms with van der Waals surface area (Å²) in [5.41, 5.74) is 0.498. The van der Waals surface area contributed by atoms with Crippen molar-refractivity contribution in [1.82, 2.24) is 9.55 Å². The van der Waals surface area contributed by atoms with E-state index >= 15 is 0 Å². The van der Waals surface area contributed by atoms with E-state index in [2.05, 4.69) is 38.8 Å². The Kier molecular flexibility index (Phi) is 11.1. The molecule has 6 rings (SSSR count). The van der Waals surface area contributed by atoms with E-state index in [1.807, 2.05) is 109 Å². The van der Waals surface area contributed by atoms with Gasteiger partial charge >= 0.3 is 10.9 Å². The highest BCUT2D eigenvalue weighted by atomic mass is 32.1. The lowest BCUT2D eigenvalue weighted by Gasteiger charge is -2.40. The predicted molar refractivity (Wildman–Crippen MR) is 207 cm³/mol. The van der Waals surface area contributed by atoms with E-state index in [0.717, 1.165) is 16.7 Å². The Morgan fingerprint density at radius 1 is 0.769 bits per heavy atom. The molecule has 4 atom stereocenters. The van der Waals surface area contributed by atoms with Gasteiger partial charge in [0.25, 0.3) is 5.56 Å². The van der Waals surface area contributed by atoms with Gasteiger partial charge in [0.15, 0.2) is 20.6 Å². The molecule has 9 nitrogen and oxygen atoms in total. The summed E-state index contributed by atoms with van der Waals surface area (Å²) < 4.78 is 34.8. The number of benzene rings is 4. The summed E-state index contributed by atoms with van der Waals surface area (Å²) in [5, 5.41) is -0.347. The van der Waals surface area contributed by atoms with Gasteiger partial charge in [-0.25, -0.2) is 4.79 Å². The lowest BCUT2D eigenvalue weighted by molar-refractivity contribution is -0.0952. The highest BCUT2D eigenvalue weighted by Gasteiger charge is 2.54. The van der Waals surface area contributed by atoms with Crippen LogP contribution in [0.2, 0.25) is 18.1 Å². The Balaban J connectivity index is 1.46. The van der Waals surface area contributed by atoms with Crippen molar-refractivity contribution in [3.8, 4) is 5.75 Å². The molecule has 5 aromatic rings. The van der Waals surface area contributed by atoms with Gasteiger partial charge in [-0.1, -0.05) is 130 Å². The molecule has 1 aliphatic rings. The summed E-state index contributed by atoms with van der Waals surface area (Å²) in [5.74, 6) is 0.505. The molecule has 52 heavy (non-hydrogen) atoms. The lowest BCUT2D eigenvalue weighted by atomic mass is 9.80. The minimum Gasteiger partial charge on any atom is -0.447 e. The Morgan fingerprint density at radius 3 is 1.75 bits per heavy atom. The molecule has 1 saturated heterocycles. The van der Waals surface area contributed by atoms with Gasteiger partial charge < -0.3 is 23.4 Å². The van der Waals surface area contributed by atoms with Crippen LogP contribution >= 0.6 is 12.2 Å². The fourth-order valence-electron chi connectivity index (χ4n) is 6.17. The molecule has 0 saturated carbocycles. The van der Waals surface area contributed by atoms with Gasteiger partial charge in [-0.3, -0.25) is 14.3 Å². The zero-order chi connectivity index (χ0) is 36.9. The fraction of sp³-hybridized carbons (Fsp3) is 0.293. The van der Waals surface area contributed by atoms with Crippen LogP contribution in [0.5, 0.6) is 5.75 Å². The minimum absolute atomic E-state index is 0.0106. The number of ether oxygens (including phenoxy) is 4. The maximum atomic E-state index is 13.3. The molecule has 1 aliphatic heterocycles. The third kappa shape index (κ3) is 7.89. The fourth-order valence-corrected chi connectivity index (χ4v) is 7.67. The van der Waals surface area contributed by atoms with Crippen molar-refractivity contribution in [2.75, 3.05) is 6.61 Å². The molecular formula is C41H44N2O7SSi. The second-order valence-corrected chi connectivity index (χ2v) is 19.4. The van der Waals surface area contributed by atoms with Crippen molar-refractivity contribution in [3.05, 3.63) is 171 Å². The topological polar surface area (TPSA) is 101 Å². The van der Waals surface area contributed by atoms with Crippen LogP contribution in [0.1, 0.15) is 43.7 Å².